The maximum absolute atomic E-state index is 11.5. The van der Waals surface area contributed by atoms with Crippen LogP contribution in [0.1, 0.15) is 29.8 Å². The van der Waals surface area contributed by atoms with Gasteiger partial charge in [-0.3, -0.25) is 14.8 Å². The number of aliphatic imine (C=N–C) groups is 1. The lowest BCUT2D eigenvalue weighted by atomic mass is 9.93. The number of fused-ring (bicyclic) bond motifs is 1. The van der Waals surface area contributed by atoms with Gasteiger partial charge in [0.1, 0.15) is 6.54 Å². The standard InChI is InChI=1S/C11H12N2O/c1-7(2)11-8-3-4-12-5-9(8)10(14)6-13-11/h3-5,7H,6H2,1-2H3. The molecule has 0 fully saturated rings. The summed E-state index contributed by atoms with van der Waals surface area (Å²) in [6.07, 6.45) is 3.34. The molecule has 0 radical (unpaired) electrons. The minimum Gasteiger partial charge on any atom is -0.292 e. The van der Waals surface area contributed by atoms with Crippen LogP contribution >= 0.6 is 0 Å². The van der Waals surface area contributed by atoms with Crippen LogP contribution in [-0.4, -0.2) is 23.0 Å². The number of rotatable bonds is 1. The van der Waals surface area contributed by atoms with E-state index in [-0.39, 0.29) is 12.3 Å². The van der Waals surface area contributed by atoms with Crippen molar-refractivity contribution in [1.82, 2.24) is 4.98 Å². The summed E-state index contributed by atoms with van der Waals surface area (Å²) in [6.45, 7) is 4.43. The summed E-state index contributed by atoms with van der Waals surface area (Å²) in [7, 11) is 0. The molecule has 0 saturated carbocycles. The smallest absolute Gasteiger partial charge is 0.186 e. The fourth-order valence-corrected chi connectivity index (χ4v) is 1.66. The second-order valence-corrected chi connectivity index (χ2v) is 3.70. The van der Waals surface area contributed by atoms with Gasteiger partial charge in [0.2, 0.25) is 0 Å². The lowest BCUT2D eigenvalue weighted by Gasteiger charge is -2.17. The Bertz CT molecular complexity index is 408. The number of pyridine rings is 1. The molecule has 0 bridgehead atoms. The van der Waals surface area contributed by atoms with Gasteiger partial charge in [-0.15, -0.1) is 0 Å². The van der Waals surface area contributed by atoms with Crippen molar-refractivity contribution in [3.8, 4) is 0 Å². The molecule has 3 nitrogen and oxygen atoms in total. The van der Waals surface area contributed by atoms with E-state index in [2.05, 4.69) is 23.8 Å². The van der Waals surface area contributed by atoms with E-state index in [1.54, 1.807) is 12.4 Å². The first kappa shape index (κ1) is 9.06. The van der Waals surface area contributed by atoms with Gasteiger partial charge in [0, 0.05) is 29.2 Å². The van der Waals surface area contributed by atoms with E-state index in [9.17, 15) is 4.79 Å². The number of hydrogen-bond acceptors (Lipinski definition) is 3. The highest BCUT2D eigenvalue weighted by atomic mass is 16.1. The largest absolute Gasteiger partial charge is 0.292 e. The van der Waals surface area contributed by atoms with Crippen LogP contribution in [0.2, 0.25) is 0 Å². The Balaban J connectivity index is 2.57. The number of aromatic nitrogens is 1. The fraction of sp³-hybridized carbons (Fsp3) is 0.364. The molecule has 0 saturated heterocycles. The molecule has 0 spiro atoms. The van der Waals surface area contributed by atoms with Crippen molar-refractivity contribution in [3.63, 3.8) is 0 Å². The van der Waals surface area contributed by atoms with E-state index in [4.69, 9.17) is 0 Å². The van der Waals surface area contributed by atoms with Crippen molar-refractivity contribution in [2.45, 2.75) is 13.8 Å². The molecule has 72 valence electrons. The lowest BCUT2D eigenvalue weighted by Crippen LogP contribution is -2.22. The molecular weight excluding hydrogens is 176 g/mol. The number of hydrogen-bond donors (Lipinski definition) is 0. The Morgan fingerprint density at radius 1 is 1.36 bits per heavy atom. The van der Waals surface area contributed by atoms with E-state index in [0.717, 1.165) is 11.3 Å². The predicted molar refractivity (Wildman–Crippen MR) is 54.8 cm³/mol. The molecule has 1 aromatic heterocycles. The van der Waals surface area contributed by atoms with Gasteiger partial charge in [-0.05, 0) is 12.0 Å². The molecule has 0 N–H and O–H groups in total. The zero-order chi connectivity index (χ0) is 10.1. The maximum atomic E-state index is 11.5. The molecule has 3 heteroatoms. The van der Waals surface area contributed by atoms with Crippen molar-refractivity contribution in [2.24, 2.45) is 10.9 Å². The molecule has 14 heavy (non-hydrogen) atoms. The van der Waals surface area contributed by atoms with Crippen LogP contribution in [0, 0.1) is 5.92 Å². The molecule has 1 aliphatic rings. The molecule has 1 aliphatic heterocycles. The summed E-state index contributed by atoms with van der Waals surface area (Å²) in [5, 5.41) is 0. The lowest BCUT2D eigenvalue weighted by molar-refractivity contribution is 0.0999. The highest BCUT2D eigenvalue weighted by molar-refractivity contribution is 6.15. The summed E-state index contributed by atoms with van der Waals surface area (Å²) in [5.74, 6) is 0.418. The first-order valence-electron chi connectivity index (χ1n) is 4.72. The number of Topliss-reactive ketones (excluding diaryl/α,β-unsaturated/α-hetero) is 1. The molecule has 0 amide bonds. The molecular formula is C11H12N2O. The molecule has 0 aromatic carbocycles. The highest BCUT2D eigenvalue weighted by Crippen LogP contribution is 2.18. The van der Waals surface area contributed by atoms with Crippen LogP contribution in [0.3, 0.4) is 0 Å². The van der Waals surface area contributed by atoms with Gasteiger partial charge in [0.05, 0.1) is 0 Å². The van der Waals surface area contributed by atoms with Crippen molar-refractivity contribution in [3.05, 3.63) is 29.6 Å². The van der Waals surface area contributed by atoms with E-state index in [0.29, 0.717) is 11.5 Å². The topological polar surface area (TPSA) is 42.3 Å². The molecule has 0 aliphatic carbocycles. The SMILES string of the molecule is CC(C)C1=NCC(=O)c2cnccc21. The van der Waals surface area contributed by atoms with Crippen LogP contribution < -0.4 is 0 Å². The Morgan fingerprint density at radius 2 is 2.14 bits per heavy atom. The quantitative estimate of drug-likeness (QED) is 0.673. The minimum atomic E-state index is 0.0671. The Morgan fingerprint density at radius 3 is 2.86 bits per heavy atom. The normalized spacial score (nSPS) is 15.4. The van der Waals surface area contributed by atoms with Gasteiger partial charge < -0.3 is 0 Å². The second-order valence-electron chi connectivity index (χ2n) is 3.70. The third-order valence-electron chi connectivity index (χ3n) is 2.34. The Kier molecular flexibility index (Phi) is 2.15. The molecule has 0 atom stereocenters. The van der Waals surface area contributed by atoms with Gasteiger partial charge in [-0.1, -0.05) is 13.8 Å². The van der Waals surface area contributed by atoms with Gasteiger partial charge >= 0.3 is 0 Å². The van der Waals surface area contributed by atoms with Crippen LogP contribution in [0.15, 0.2) is 23.5 Å². The third-order valence-corrected chi connectivity index (χ3v) is 2.34. The molecule has 2 rings (SSSR count). The average molecular weight is 188 g/mol. The first-order chi connectivity index (χ1) is 6.70. The summed E-state index contributed by atoms with van der Waals surface area (Å²) < 4.78 is 0. The number of nitrogens with zero attached hydrogens (tertiary/aromatic N) is 2. The monoisotopic (exact) mass is 188 g/mol. The molecule has 2 heterocycles. The second kappa shape index (κ2) is 3.33. The highest BCUT2D eigenvalue weighted by Gasteiger charge is 2.21. The molecule has 1 aromatic rings. The van der Waals surface area contributed by atoms with E-state index < -0.39 is 0 Å². The van der Waals surface area contributed by atoms with Crippen molar-refractivity contribution in [1.29, 1.82) is 0 Å². The maximum Gasteiger partial charge on any atom is 0.186 e. The zero-order valence-electron chi connectivity index (χ0n) is 8.32. The molecule has 0 unspecified atom stereocenters. The van der Waals surface area contributed by atoms with Crippen LogP contribution in [0.4, 0.5) is 0 Å². The number of carbonyl (C=O) groups excluding carboxylic acids is 1. The predicted octanol–water partition coefficient (Wildman–Crippen LogP) is 1.72. The summed E-state index contributed by atoms with van der Waals surface area (Å²) in [4.78, 5) is 19.8. The van der Waals surface area contributed by atoms with E-state index in [1.165, 1.54) is 0 Å². The third kappa shape index (κ3) is 1.35. The fourth-order valence-electron chi connectivity index (χ4n) is 1.66. The summed E-state index contributed by atoms with van der Waals surface area (Å²) in [5.41, 5.74) is 2.68. The van der Waals surface area contributed by atoms with Gasteiger partial charge in [0.25, 0.3) is 0 Å². The van der Waals surface area contributed by atoms with Gasteiger partial charge in [-0.25, -0.2) is 0 Å². The van der Waals surface area contributed by atoms with E-state index in [1.807, 2.05) is 6.07 Å². The van der Waals surface area contributed by atoms with Crippen molar-refractivity contribution >= 4 is 11.5 Å². The van der Waals surface area contributed by atoms with Crippen LogP contribution in [-0.2, 0) is 0 Å². The number of carbonyl (C=O) groups is 1. The van der Waals surface area contributed by atoms with Gasteiger partial charge in [0.15, 0.2) is 5.78 Å². The Hall–Kier alpha value is -1.51. The van der Waals surface area contributed by atoms with Crippen LogP contribution in [0.25, 0.3) is 0 Å². The van der Waals surface area contributed by atoms with E-state index >= 15 is 0 Å². The first-order valence-corrected chi connectivity index (χ1v) is 4.72. The summed E-state index contributed by atoms with van der Waals surface area (Å²) >= 11 is 0. The Labute approximate surface area is 82.9 Å². The summed E-state index contributed by atoms with van der Waals surface area (Å²) in [6, 6.07) is 1.87. The van der Waals surface area contributed by atoms with Crippen LogP contribution in [0.5, 0.6) is 0 Å². The minimum absolute atomic E-state index is 0.0671. The van der Waals surface area contributed by atoms with Crippen molar-refractivity contribution in [2.75, 3.05) is 6.54 Å². The average Bonchev–Trinajstić information content (AvgIpc) is 2.18. The number of ketones is 1. The zero-order valence-corrected chi connectivity index (χ0v) is 8.32. The van der Waals surface area contributed by atoms with Gasteiger partial charge in [-0.2, -0.15) is 0 Å². The van der Waals surface area contributed by atoms with Crippen molar-refractivity contribution < 1.29 is 4.79 Å².